The summed E-state index contributed by atoms with van der Waals surface area (Å²) in [6.07, 6.45) is 1.12. The first kappa shape index (κ1) is 22.1. The lowest BCUT2D eigenvalue weighted by Crippen LogP contribution is -2.41. The summed E-state index contributed by atoms with van der Waals surface area (Å²) in [6, 6.07) is 18.3. The first-order valence-corrected chi connectivity index (χ1v) is 10.6. The van der Waals surface area contributed by atoms with E-state index in [9.17, 15) is 0 Å². The maximum absolute atomic E-state index is 5.92. The molecule has 0 aromatic heterocycles. The SMILES string of the molecule is CN=C(NCCOCc1ccccc1OC)N1CCC(COCc2ccccc2)C1. The molecule has 0 amide bonds. The van der Waals surface area contributed by atoms with E-state index >= 15 is 0 Å². The van der Waals surface area contributed by atoms with Crippen LogP contribution < -0.4 is 10.1 Å². The Morgan fingerprint density at radius 3 is 2.67 bits per heavy atom. The van der Waals surface area contributed by atoms with Crippen molar-refractivity contribution in [2.24, 2.45) is 10.9 Å². The lowest BCUT2D eigenvalue weighted by atomic mass is 10.1. The van der Waals surface area contributed by atoms with Gasteiger partial charge < -0.3 is 24.4 Å². The maximum atomic E-state index is 5.92. The minimum Gasteiger partial charge on any atom is -0.496 e. The van der Waals surface area contributed by atoms with Crippen molar-refractivity contribution in [3.63, 3.8) is 0 Å². The summed E-state index contributed by atoms with van der Waals surface area (Å²) in [6.45, 7) is 5.28. The highest BCUT2D eigenvalue weighted by Crippen LogP contribution is 2.18. The molecule has 0 aliphatic carbocycles. The Bertz CT molecular complexity index is 782. The van der Waals surface area contributed by atoms with E-state index in [1.165, 1.54) is 5.56 Å². The molecular weight excluding hydrogens is 378 g/mol. The van der Waals surface area contributed by atoms with Gasteiger partial charge in [-0.2, -0.15) is 0 Å². The van der Waals surface area contributed by atoms with Crippen LogP contribution in [0.2, 0.25) is 0 Å². The van der Waals surface area contributed by atoms with Crippen LogP contribution in [0.1, 0.15) is 17.5 Å². The Balaban J connectivity index is 1.32. The van der Waals surface area contributed by atoms with Gasteiger partial charge in [-0.1, -0.05) is 48.5 Å². The number of hydrogen-bond donors (Lipinski definition) is 1. The molecule has 6 nitrogen and oxygen atoms in total. The Morgan fingerprint density at radius 2 is 1.87 bits per heavy atom. The van der Waals surface area contributed by atoms with Crippen LogP contribution in [0, 0.1) is 5.92 Å². The van der Waals surface area contributed by atoms with Crippen molar-refractivity contribution >= 4 is 5.96 Å². The molecule has 6 heteroatoms. The number of guanidine groups is 1. The molecule has 1 heterocycles. The molecule has 1 unspecified atom stereocenters. The number of likely N-dealkylation sites (tertiary alicyclic amines) is 1. The highest BCUT2D eigenvalue weighted by Gasteiger charge is 2.24. The number of benzene rings is 2. The smallest absolute Gasteiger partial charge is 0.193 e. The molecular formula is C24H33N3O3. The molecule has 1 N–H and O–H groups in total. The van der Waals surface area contributed by atoms with Gasteiger partial charge in [0.2, 0.25) is 0 Å². The lowest BCUT2D eigenvalue weighted by molar-refractivity contribution is 0.0906. The number of rotatable bonds is 10. The van der Waals surface area contributed by atoms with E-state index in [1.54, 1.807) is 7.11 Å². The zero-order valence-electron chi connectivity index (χ0n) is 18.0. The van der Waals surface area contributed by atoms with Crippen LogP contribution in [-0.2, 0) is 22.7 Å². The average Bonchev–Trinajstić information content (AvgIpc) is 3.26. The van der Waals surface area contributed by atoms with E-state index in [2.05, 4.69) is 27.3 Å². The van der Waals surface area contributed by atoms with Gasteiger partial charge in [0, 0.05) is 38.2 Å². The van der Waals surface area contributed by atoms with Crippen molar-refractivity contribution in [1.82, 2.24) is 10.2 Å². The monoisotopic (exact) mass is 411 g/mol. The summed E-state index contributed by atoms with van der Waals surface area (Å²) in [5.41, 5.74) is 2.28. The third-order valence-electron chi connectivity index (χ3n) is 5.24. The van der Waals surface area contributed by atoms with E-state index in [1.807, 2.05) is 49.5 Å². The predicted octanol–water partition coefficient (Wildman–Crippen LogP) is 3.33. The number of ether oxygens (including phenoxy) is 3. The number of para-hydroxylation sites is 1. The van der Waals surface area contributed by atoms with Crippen LogP contribution in [0.25, 0.3) is 0 Å². The fourth-order valence-corrected chi connectivity index (χ4v) is 3.65. The molecule has 1 fully saturated rings. The Kier molecular flexibility index (Phi) is 9.00. The second kappa shape index (κ2) is 12.2. The molecule has 0 saturated carbocycles. The van der Waals surface area contributed by atoms with E-state index in [0.717, 1.165) is 43.4 Å². The van der Waals surface area contributed by atoms with Gasteiger partial charge in [-0.25, -0.2) is 0 Å². The van der Waals surface area contributed by atoms with Gasteiger partial charge >= 0.3 is 0 Å². The molecule has 0 bridgehead atoms. The molecule has 1 saturated heterocycles. The normalized spacial score (nSPS) is 16.7. The first-order chi connectivity index (χ1) is 14.8. The molecule has 0 spiro atoms. The standard InChI is InChI=1S/C24H33N3O3/c1-25-24(26-13-15-29-19-22-10-6-7-11-23(22)28-2)27-14-12-21(16-27)18-30-17-20-8-4-3-5-9-20/h3-11,21H,12-19H2,1-2H3,(H,25,26). The molecule has 162 valence electrons. The predicted molar refractivity (Wildman–Crippen MR) is 120 cm³/mol. The highest BCUT2D eigenvalue weighted by molar-refractivity contribution is 5.80. The quantitative estimate of drug-likeness (QED) is 0.369. The van der Waals surface area contributed by atoms with Crippen LogP contribution in [0.3, 0.4) is 0 Å². The molecule has 2 aromatic rings. The van der Waals surface area contributed by atoms with Gasteiger partial charge in [-0.3, -0.25) is 4.99 Å². The molecule has 2 aromatic carbocycles. The maximum Gasteiger partial charge on any atom is 0.193 e. The summed E-state index contributed by atoms with van der Waals surface area (Å²) in [7, 11) is 3.51. The largest absolute Gasteiger partial charge is 0.496 e. The van der Waals surface area contributed by atoms with Crippen molar-refractivity contribution in [3.8, 4) is 5.75 Å². The molecule has 3 rings (SSSR count). The fraction of sp³-hybridized carbons (Fsp3) is 0.458. The topological polar surface area (TPSA) is 55.3 Å². The van der Waals surface area contributed by atoms with Gasteiger partial charge in [-0.15, -0.1) is 0 Å². The summed E-state index contributed by atoms with van der Waals surface area (Å²) >= 11 is 0. The third kappa shape index (κ3) is 6.75. The Morgan fingerprint density at radius 1 is 1.07 bits per heavy atom. The van der Waals surface area contributed by atoms with Crippen molar-refractivity contribution in [3.05, 3.63) is 65.7 Å². The number of methoxy groups -OCH3 is 1. The molecule has 1 aliphatic rings. The summed E-state index contributed by atoms with van der Waals surface area (Å²) in [5.74, 6) is 2.33. The van der Waals surface area contributed by atoms with Gasteiger partial charge in [0.05, 0.1) is 33.5 Å². The molecule has 30 heavy (non-hydrogen) atoms. The van der Waals surface area contributed by atoms with E-state index in [4.69, 9.17) is 14.2 Å². The fourth-order valence-electron chi connectivity index (χ4n) is 3.65. The van der Waals surface area contributed by atoms with E-state index in [-0.39, 0.29) is 0 Å². The Labute approximate surface area is 179 Å². The summed E-state index contributed by atoms with van der Waals surface area (Å²) in [5, 5.41) is 3.41. The molecule has 1 aliphatic heterocycles. The van der Waals surface area contributed by atoms with E-state index < -0.39 is 0 Å². The van der Waals surface area contributed by atoms with Crippen molar-refractivity contribution in [2.75, 3.05) is 47.0 Å². The minimum atomic E-state index is 0.536. The van der Waals surface area contributed by atoms with Crippen molar-refractivity contribution in [2.45, 2.75) is 19.6 Å². The Hall–Kier alpha value is -2.57. The zero-order valence-corrected chi connectivity index (χ0v) is 18.0. The summed E-state index contributed by atoms with van der Waals surface area (Å²) < 4.78 is 17.1. The van der Waals surface area contributed by atoms with Crippen LogP contribution >= 0.6 is 0 Å². The zero-order chi connectivity index (χ0) is 21.0. The second-order valence-electron chi connectivity index (χ2n) is 7.44. The van der Waals surface area contributed by atoms with Gasteiger partial charge in [0.1, 0.15) is 5.75 Å². The number of nitrogens with one attached hydrogen (secondary N) is 1. The van der Waals surface area contributed by atoms with Crippen LogP contribution in [0.5, 0.6) is 5.75 Å². The lowest BCUT2D eigenvalue weighted by Gasteiger charge is -2.21. The van der Waals surface area contributed by atoms with Crippen LogP contribution in [0.15, 0.2) is 59.6 Å². The van der Waals surface area contributed by atoms with Crippen LogP contribution in [0.4, 0.5) is 0 Å². The van der Waals surface area contributed by atoms with Gasteiger partial charge in [0.15, 0.2) is 5.96 Å². The number of hydrogen-bond acceptors (Lipinski definition) is 4. The second-order valence-corrected chi connectivity index (χ2v) is 7.44. The third-order valence-corrected chi connectivity index (χ3v) is 5.24. The first-order valence-electron chi connectivity index (χ1n) is 10.6. The van der Waals surface area contributed by atoms with Gasteiger partial charge in [0.25, 0.3) is 0 Å². The molecule has 0 radical (unpaired) electrons. The number of aliphatic imine (C=N–C) groups is 1. The average molecular weight is 412 g/mol. The van der Waals surface area contributed by atoms with Gasteiger partial charge in [-0.05, 0) is 18.1 Å². The molecule has 1 atom stereocenters. The highest BCUT2D eigenvalue weighted by atomic mass is 16.5. The summed E-state index contributed by atoms with van der Waals surface area (Å²) in [4.78, 5) is 6.73. The van der Waals surface area contributed by atoms with Crippen molar-refractivity contribution < 1.29 is 14.2 Å². The van der Waals surface area contributed by atoms with Crippen LogP contribution in [-0.4, -0.2) is 57.9 Å². The minimum absolute atomic E-state index is 0.536. The van der Waals surface area contributed by atoms with E-state index in [0.29, 0.717) is 32.3 Å². The number of nitrogens with zero attached hydrogens (tertiary/aromatic N) is 2. The van der Waals surface area contributed by atoms with Crippen molar-refractivity contribution in [1.29, 1.82) is 0 Å².